The second-order valence-electron chi connectivity index (χ2n) is 3.69. The Hall–Kier alpha value is -2.02. The maximum absolute atomic E-state index is 11.5. The molecule has 1 atom stereocenters. The third-order valence-corrected chi connectivity index (χ3v) is 2.99. The van der Waals surface area contributed by atoms with E-state index < -0.39 is 11.4 Å². The second kappa shape index (κ2) is 4.69. The molecule has 1 aromatic rings. The van der Waals surface area contributed by atoms with Gasteiger partial charge >= 0.3 is 0 Å². The van der Waals surface area contributed by atoms with Gasteiger partial charge in [0.15, 0.2) is 5.50 Å². The van der Waals surface area contributed by atoms with E-state index in [0.29, 0.717) is 11.4 Å². The predicted molar refractivity (Wildman–Crippen MR) is 71.8 cm³/mol. The number of para-hydroxylation sites is 2. The highest BCUT2D eigenvalue weighted by molar-refractivity contribution is 7.81. The van der Waals surface area contributed by atoms with E-state index in [9.17, 15) is 4.79 Å². The first-order valence-electron chi connectivity index (χ1n) is 5.22. The first kappa shape index (κ1) is 12.4. The smallest absolute Gasteiger partial charge is 0.273 e. The lowest BCUT2D eigenvalue weighted by Crippen LogP contribution is -2.54. The summed E-state index contributed by atoms with van der Waals surface area (Å²) >= 11 is 4.28. The molecule has 0 radical (unpaired) electrons. The monoisotopic (exact) mass is 266 g/mol. The van der Waals surface area contributed by atoms with Crippen LogP contribution in [0.5, 0.6) is 5.75 Å². The van der Waals surface area contributed by atoms with Crippen molar-refractivity contribution in [3.63, 3.8) is 0 Å². The van der Waals surface area contributed by atoms with Crippen molar-refractivity contribution in [1.82, 2.24) is 5.32 Å². The number of carbonyl (C=O) groups excluding carboxylic acids is 1. The average molecular weight is 266 g/mol. The summed E-state index contributed by atoms with van der Waals surface area (Å²) in [5.41, 5.74) is 11.6. The third-order valence-electron chi connectivity index (χ3n) is 2.63. The molecule has 1 aliphatic heterocycles. The van der Waals surface area contributed by atoms with Gasteiger partial charge in [0.05, 0.1) is 12.8 Å². The van der Waals surface area contributed by atoms with E-state index in [1.807, 2.05) is 12.1 Å². The van der Waals surface area contributed by atoms with E-state index in [0.717, 1.165) is 0 Å². The summed E-state index contributed by atoms with van der Waals surface area (Å²) in [6.45, 7) is 0. The zero-order chi connectivity index (χ0) is 13.3. The van der Waals surface area contributed by atoms with Crippen molar-refractivity contribution in [2.75, 3.05) is 12.0 Å². The Morgan fingerprint density at radius 2 is 2.06 bits per heavy atom. The minimum atomic E-state index is -0.596. The number of amides is 1. The number of anilines is 1. The Morgan fingerprint density at radius 3 is 2.72 bits per heavy atom. The average Bonchev–Trinajstić information content (AvgIpc) is 2.37. The van der Waals surface area contributed by atoms with Crippen molar-refractivity contribution < 1.29 is 9.53 Å². The van der Waals surface area contributed by atoms with Crippen molar-refractivity contribution in [2.24, 2.45) is 11.5 Å². The molecule has 0 aliphatic carbocycles. The molecule has 0 bridgehead atoms. The van der Waals surface area contributed by atoms with E-state index >= 15 is 0 Å². The van der Waals surface area contributed by atoms with E-state index in [4.69, 9.17) is 16.2 Å². The number of nitrogens with one attached hydrogen (secondary N) is 1. The molecular weight excluding hydrogens is 252 g/mol. The molecule has 1 unspecified atom stereocenters. The summed E-state index contributed by atoms with van der Waals surface area (Å²) in [5, 5.41) is 2.59. The van der Waals surface area contributed by atoms with Crippen LogP contribution in [0.4, 0.5) is 5.69 Å². The van der Waals surface area contributed by atoms with E-state index in [2.05, 4.69) is 17.9 Å². The highest BCUT2D eigenvalue weighted by Gasteiger charge is 2.30. The molecule has 5 N–H and O–H groups in total. The number of hydrogen-bond donors (Lipinski definition) is 4. The number of hydrogen-bond acceptors (Lipinski definition) is 6. The molecule has 2 rings (SSSR count). The van der Waals surface area contributed by atoms with Gasteiger partial charge in [0.1, 0.15) is 17.3 Å². The molecule has 0 saturated heterocycles. The Balaban J connectivity index is 2.52. The fourth-order valence-electron chi connectivity index (χ4n) is 1.73. The van der Waals surface area contributed by atoms with Crippen LogP contribution < -0.4 is 26.4 Å². The summed E-state index contributed by atoms with van der Waals surface area (Å²) in [6, 6.07) is 7.26. The first-order valence-corrected chi connectivity index (χ1v) is 5.74. The molecule has 1 aromatic carbocycles. The van der Waals surface area contributed by atoms with Crippen LogP contribution in [0.2, 0.25) is 0 Å². The Morgan fingerprint density at radius 1 is 1.39 bits per heavy atom. The van der Waals surface area contributed by atoms with Gasteiger partial charge in [-0.05, 0) is 12.1 Å². The number of rotatable bonds is 2. The van der Waals surface area contributed by atoms with Gasteiger partial charge in [-0.3, -0.25) is 9.69 Å². The van der Waals surface area contributed by atoms with Gasteiger partial charge in [0.25, 0.3) is 5.91 Å². The topological polar surface area (TPSA) is 93.6 Å². The lowest BCUT2D eigenvalue weighted by molar-refractivity contribution is -0.118. The first-order chi connectivity index (χ1) is 8.56. The van der Waals surface area contributed by atoms with Gasteiger partial charge in [0, 0.05) is 0 Å². The summed E-state index contributed by atoms with van der Waals surface area (Å²) < 4.78 is 5.25. The number of thiol groups is 1. The lowest BCUT2D eigenvalue weighted by Gasteiger charge is -2.35. The van der Waals surface area contributed by atoms with Gasteiger partial charge in [-0.1, -0.05) is 12.1 Å². The number of methoxy groups -OCH3 is 1. The van der Waals surface area contributed by atoms with Crippen molar-refractivity contribution in [3.8, 4) is 5.75 Å². The van der Waals surface area contributed by atoms with Crippen LogP contribution in [-0.2, 0) is 4.79 Å². The molecule has 0 aromatic heterocycles. The number of nitrogens with two attached hydrogens (primary N) is 2. The highest BCUT2D eigenvalue weighted by Crippen LogP contribution is 2.32. The molecule has 1 aliphatic rings. The molecule has 0 fully saturated rings. The van der Waals surface area contributed by atoms with Gasteiger partial charge < -0.3 is 21.5 Å². The lowest BCUT2D eigenvalue weighted by atomic mass is 10.2. The van der Waals surface area contributed by atoms with Crippen molar-refractivity contribution in [1.29, 1.82) is 0 Å². The van der Waals surface area contributed by atoms with Gasteiger partial charge in [-0.2, -0.15) is 0 Å². The molecule has 7 heteroatoms. The Bertz CT molecular complexity index is 518. The predicted octanol–water partition coefficient (Wildman–Crippen LogP) is -0.0687. The Labute approximate surface area is 110 Å². The SMILES string of the molecule is COc1ccccc1N1C(N)=C(N)C(=O)NC1S. The van der Waals surface area contributed by atoms with Crippen molar-refractivity contribution in [3.05, 3.63) is 35.8 Å². The minimum Gasteiger partial charge on any atom is -0.495 e. The Kier molecular flexibility index (Phi) is 3.24. The van der Waals surface area contributed by atoms with Crippen LogP contribution in [0.1, 0.15) is 0 Å². The quantitative estimate of drug-likeness (QED) is 0.562. The van der Waals surface area contributed by atoms with Crippen molar-refractivity contribution in [2.45, 2.75) is 5.50 Å². The van der Waals surface area contributed by atoms with Gasteiger partial charge in [-0.25, -0.2) is 0 Å². The van der Waals surface area contributed by atoms with Crippen LogP contribution in [0.15, 0.2) is 35.8 Å². The van der Waals surface area contributed by atoms with Gasteiger partial charge in [-0.15, -0.1) is 12.6 Å². The van der Waals surface area contributed by atoms with Crippen molar-refractivity contribution >= 4 is 24.2 Å². The summed E-state index contributed by atoms with van der Waals surface area (Å²) in [6.07, 6.45) is 0. The van der Waals surface area contributed by atoms with Crippen LogP contribution in [0.25, 0.3) is 0 Å². The largest absolute Gasteiger partial charge is 0.495 e. The summed E-state index contributed by atoms with van der Waals surface area (Å²) in [4.78, 5) is 13.1. The van der Waals surface area contributed by atoms with Gasteiger partial charge in [0.2, 0.25) is 0 Å². The number of benzene rings is 1. The zero-order valence-electron chi connectivity index (χ0n) is 9.75. The van der Waals surface area contributed by atoms with Crippen LogP contribution >= 0.6 is 12.6 Å². The van der Waals surface area contributed by atoms with Crippen LogP contribution in [-0.4, -0.2) is 18.5 Å². The van der Waals surface area contributed by atoms with Crippen LogP contribution in [0, 0.1) is 0 Å². The third kappa shape index (κ3) is 1.92. The molecule has 6 nitrogen and oxygen atoms in total. The fraction of sp³-hybridized carbons (Fsp3) is 0.182. The maximum atomic E-state index is 11.5. The second-order valence-corrected chi connectivity index (χ2v) is 4.18. The number of nitrogens with zero attached hydrogens (tertiary/aromatic N) is 1. The summed E-state index contributed by atoms with van der Waals surface area (Å²) in [7, 11) is 1.55. The van der Waals surface area contributed by atoms with E-state index in [-0.39, 0.29) is 11.5 Å². The minimum absolute atomic E-state index is 0.0359. The maximum Gasteiger partial charge on any atom is 0.273 e. The number of carbonyl (C=O) groups is 1. The number of ether oxygens (including phenoxy) is 1. The van der Waals surface area contributed by atoms with Crippen LogP contribution in [0.3, 0.4) is 0 Å². The molecular formula is C11H14N4O2S. The molecule has 0 saturated carbocycles. The normalized spacial score (nSPS) is 19.8. The molecule has 1 amide bonds. The standard InChI is InChI=1S/C11H14N4O2S/c1-17-7-5-3-2-4-6(7)15-9(13)8(12)10(16)14-11(15)18/h2-5,11,18H,12-13H2,1H3,(H,14,16). The highest BCUT2D eigenvalue weighted by atomic mass is 32.1. The van der Waals surface area contributed by atoms with E-state index in [1.54, 1.807) is 24.1 Å². The fourth-order valence-corrected chi connectivity index (χ4v) is 2.09. The molecule has 18 heavy (non-hydrogen) atoms. The zero-order valence-corrected chi connectivity index (χ0v) is 10.6. The van der Waals surface area contributed by atoms with E-state index in [1.165, 1.54) is 0 Å². The molecule has 1 heterocycles. The summed E-state index contributed by atoms with van der Waals surface area (Å²) in [5.74, 6) is 0.338. The molecule has 0 spiro atoms. The molecule has 96 valence electrons.